The van der Waals surface area contributed by atoms with Crippen LogP contribution in [0, 0.1) is 0 Å². The SMILES string of the molecule is C=Cc1ccc([C@H](O)C(Cl)(Cl)Cl)cc1. The third kappa shape index (κ3) is 2.89. The normalized spacial score (nSPS) is 13.7. The monoisotopic (exact) mass is 250 g/mol. The van der Waals surface area contributed by atoms with Crippen molar-refractivity contribution in [2.45, 2.75) is 9.90 Å². The first-order valence-corrected chi connectivity index (χ1v) is 5.05. The molecule has 0 spiro atoms. The van der Waals surface area contributed by atoms with Gasteiger partial charge in [-0.15, -0.1) is 0 Å². The highest BCUT2D eigenvalue weighted by atomic mass is 35.6. The summed E-state index contributed by atoms with van der Waals surface area (Å²) in [5.74, 6) is 0. The van der Waals surface area contributed by atoms with Crippen molar-refractivity contribution in [3.63, 3.8) is 0 Å². The Balaban J connectivity index is 2.92. The van der Waals surface area contributed by atoms with Gasteiger partial charge in [-0.1, -0.05) is 71.7 Å². The number of aliphatic hydroxyl groups is 1. The second kappa shape index (κ2) is 4.54. The molecule has 1 aromatic carbocycles. The maximum atomic E-state index is 9.60. The second-order valence-electron chi connectivity index (χ2n) is 2.81. The minimum Gasteiger partial charge on any atom is -0.384 e. The fourth-order valence-electron chi connectivity index (χ4n) is 1.00. The first kappa shape index (κ1) is 11.9. The van der Waals surface area contributed by atoms with E-state index in [-0.39, 0.29) is 0 Å². The zero-order valence-corrected chi connectivity index (χ0v) is 9.52. The topological polar surface area (TPSA) is 20.2 Å². The third-order valence-electron chi connectivity index (χ3n) is 1.80. The van der Waals surface area contributed by atoms with Crippen LogP contribution < -0.4 is 0 Å². The molecule has 0 aliphatic carbocycles. The Hall–Kier alpha value is -0.210. The van der Waals surface area contributed by atoms with Crippen LogP contribution in [0.3, 0.4) is 0 Å². The van der Waals surface area contributed by atoms with E-state index >= 15 is 0 Å². The van der Waals surface area contributed by atoms with Crippen LogP contribution in [-0.4, -0.2) is 8.90 Å². The number of hydrogen-bond acceptors (Lipinski definition) is 1. The van der Waals surface area contributed by atoms with E-state index in [9.17, 15) is 5.11 Å². The van der Waals surface area contributed by atoms with Gasteiger partial charge < -0.3 is 5.11 Å². The third-order valence-corrected chi connectivity index (χ3v) is 2.42. The van der Waals surface area contributed by atoms with Crippen LogP contribution in [0.2, 0.25) is 0 Å². The molecule has 76 valence electrons. The van der Waals surface area contributed by atoms with E-state index in [0.29, 0.717) is 5.56 Å². The van der Waals surface area contributed by atoms with Crippen molar-refractivity contribution in [2.75, 3.05) is 0 Å². The van der Waals surface area contributed by atoms with Gasteiger partial charge in [0.05, 0.1) is 0 Å². The van der Waals surface area contributed by atoms with Gasteiger partial charge in [-0.2, -0.15) is 0 Å². The number of aliphatic hydroxyl groups excluding tert-OH is 1. The molecule has 4 heteroatoms. The van der Waals surface area contributed by atoms with Crippen molar-refractivity contribution in [2.24, 2.45) is 0 Å². The average molecular weight is 252 g/mol. The van der Waals surface area contributed by atoms with E-state index in [4.69, 9.17) is 34.8 Å². The molecule has 0 amide bonds. The van der Waals surface area contributed by atoms with Gasteiger partial charge in [0.2, 0.25) is 3.79 Å². The van der Waals surface area contributed by atoms with Crippen LogP contribution in [-0.2, 0) is 0 Å². The van der Waals surface area contributed by atoms with Crippen LogP contribution in [0.25, 0.3) is 6.08 Å². The van der Waals surface area contributed by atoms with Crippen LogP contribution >= 0.6 is 34.8 Å². The number of halogens is 3. The van der Waals surface area contributed by atoms with Gasteiger partial charge in [-0.25, -0.2) is 0 Å². The molecule has 1 nitrogen and oxygen atoms in total. The zero-order chi connectivity index (χ0) is 10.8. The van der Waals surface area contributed by atoms with Crippen molar-refractivity contribution < 1.29 is 5.11 Å². The highest BCUT2D eigenvalue weighted by Gasteiger charge is 2.31. The average Bonchev–Trinajstić information content (AvgIpc) is 2.15. The smallest absolute Gasteiger partial charge is 0.220 e. The molecule has 0 bridgehead atoms. The lowest BCUT2D eigenvalue weighted by atomic mass is 10.1. The van der Waals surface area contributed by atoms with Gasteiger partial charge in [0.1, 0.15) is 6.10 Å². The molecule has 1 aromatic rings. The van der Waals surface area contributed by atoms with E-state index in [0.717, 1.165) is 5.56 Å². The van der Waals surface area contributed by atoms with Gasteiger partial charge in [0.25, 0.3) is 0 Å². The number of hydrogen-bond donors (Lipinski definition) is 1. The van der Waals surface area contributed by atoms with Gasteiger partial charge in [-0.05, 0) is 11.1 Å². The van der Waals surface area contributed by atoms with E-state index in [1.165, 1.54) is 0 Å². The number of rotatable bonds is 2. The maximum absolute atomic E-state index is 9.60. The molecule has 0 saturated carbocycles. The standard InChI is InChI=1S/C10H9Cl3O/c1-2-7-3-5-8(6-4-7)9(14)10(11,12)13/h2-6,9,14H,1H2/t9-/m0/s1. The van der Waals surface area contributed by atoms with E-state index in [1.807, 2.05) is 0 Å². The summed E-state index contributed by atoms with van der Waals surface area (Å²) >= 11 is 16.7. The molecule has 0 fully saturated rings. The summed E-state index contributed by atoms with van der Waals surface area (Å²) in [4.78, 5) is 0. The molecular formula is C10H9Cl3O. The Morgan fingerprint density at radius 3 is 2.07 bits per heavy atom. The van der Waals surface area contributed by atoms with E-state index in [1.54, 1.807) is 30.3 Å². The van der Waals surface area contributed by atoms with Gasteiger partial charge in [0, 0.05) is 0 Å². The fourth-order valence-corrected chi connectivity index (χ4v) is 1.38. The van der Waals surface area contributed by atoms with Gasteiger partial charge in [0.15, 0.2) is 0 Å². The highest BCUT2D eigenvalue weighted by molar-refractivity contribution is 6.68. The van der Waals surface area contributed by atoms with Crippen LogP contribution in [0.4, 0.5) is 0 Å². The number of benzene rings is 1. The molecule has 0 heterocycles. The molecule has 0 unspecified atom stereocenters. The second-order valence-corrected chi connectivity index (χ2v) is 5.18. The lowest BCUT2D eigenvalue weighted by Gasteiger charge is -2.19. The van der Waals surface area contributed by atoms with Crippen molar-refractivity contribution in [1.29, 1.82) is 0 Å². The van der Waals surface area contributed by atoms with Gasteiger partial charge in [-0.3, -0.25) is 0 Å². The minimum absolute atomic E-state index is 0.565. The molecule has 0 aliphatic heterocycles. The Bertz CT molecular complexity index is 313. The van der Waals surface area contributed by atoms with Crippen LogP contribution in [0.5, 0.6) is 0 Å². The molecule has 0 aliphatic rings. The molecule has 1 rings (SSSR count). The summed E-state index contributed by atoms with van der Waals surface area (Å²) in [7, 11) is 0. The Morgan fingerprint density at radius 2 is 1.71 bits per heavy atom. The Labute approximate surface area is 97.9 Å². The molecule has 1 N–H and O–H groups in total. The molecule has 0 radical (unpaired) electrons. The molecule has 14 heavy (non-hydrogen) atoms. The van der Waals surface area contributed by atoms with E-state index in [2.05, 4.69) is 6.58 Å². The summed E-state index contributed by atoms with van der Waals surface area (Å²) < 4.78 is -1.70. The Kier molecular flexibility index (Phi) is 3.85. The summed E-state index contributed by atoms with van der Waals surface area (Å²) in [5, 5.41) is 9.60. The molecular weight excluding hydrogens is 242 g/mol. The maximum Gasteiger partial charge on any atom is 0.220 e. The van der Waals surface area contributed by atoms with Gasteiger partial charge >= 0.3 is 0 Å². The molecule has 0 aromatic heterocycles. The first-order chi connectivity index (χ1) is 6.45. The lowest BCUT2D eigenvalue weighted by molar-refractivity contribution is 0.182. The lowest BCUT2D eigenvalue weighted by Crippen LogP contribution is -2.16. The van der Waals surface area contributed by atoms with Crippen molar-refractivity contribution in [1.82, 2.24) is 0 Å². The highest BCUT2D eigenvalue weighted by Crippen LogP contribution is 2.39. The summed E-state index contributed by atoms with van der Waals surface area (Å²) in [6, 6.07) is 6.98. The minimum atomic E-state index is -1.70. The molecule has 0 saturated heterocycles. The predicted octanol–water partition coefficient (Wildman–Crippen LogP) is 3.73. The van der Waals surface area contributed by atoms with Crippen LogP contribution in [0.1, 0.15) is 17.2 Å². The predicted molar refractivity (Wildman–Crippen MR) is 61.8 cm³/mol. The van der Waals surface area contributed by atoms with Crippen molar-refractivity contribution in [3.8, 4) is 0 Å². The summed E-state index contributed by atoms with van der Waals surface area (Å²) in [6.07, 6.45) is 0.581. The van der Waals surface area contributed by atoms with Crippen LogP contribution in [0.15, 0.2) is 30.8 Å². The quantitative estimate of drug-likeness (QED) is 0.794. The summed E-state index contributed by atoms with van der Waals surface area (Å²) in [5.41, 5.74) is 1.51. The van der Waals surface area contributed by atoms with Crippen molar-refractivity contribution >= 4 is 40.9 Å². The fraction of sp³-hybridized carbons (Fsp3) is 0.200. The molecule has 1 atom stereocenters. The number of alkyl halides is 3. The Morgan fingerprint density at radius 1 is 1.21 bits per heavy atom. The first-order valence-electron chi connectivity index (χ1n) is 3.92. The van der Waals surface area contributed by atoms with E-state index < -0.39 is 9.90 Å². The largest absolute Gasteiger partial charge is 0.384 e. The summed E-state index contributed by atoms with van der Waals surface area (Å²) in [6.45, 7) is 3.61. The van der Waals surface area contributed by atoms with Crippen molar-refractivity contribution in [3.05, 3.63) is 42.0 Å². The zero-order valence-electron chi connectivity index (χ0n) is 7.25.